The second kappa shape index (κ2) is 8.50. The Morgan fingerprint density at radius 1 is 0.875 bits per heavy atom. The molecule has 1 aromatic carbocycles. The largest absolute Gasteiger partial charge is 0.507 e. The van der Waals surface area contributed by atoms with Gasteiger partial charge in [-0.2, -0.15) is 0 Å². The van der Waals surface area contributed by atoms with Crippen LogP contribution in [0, 0.1) is 0 Å². The molecule has 0 atom stereocenters. The van der Waals surface area contributed by atoms with Crippen LogP contribution in [0.4, 0.5) is 0 Å². The topological polar surface area (TPSA) is 38.7 Å². The van der Waals surface area contributed by atoms with Gasteiger partial charge in [0.05, 0.1) is 0 Å². The third-order valence-corrected chi connectivity index (χ3v) is 6.40. The first-order valence-electron chi connectivity index (χ1n) is 8.93. The van der Waals surface area contributed by atoms with Gasteiger partial charge in [0.1, 0.15) is 5.75 Å². The average molecular weight is 353 g/mol. The predicted octanol–water partition coefficient (Wildman–Crippen LogP) is 4.82. The number of phenols is 1. The first-order chi connectivity index (χ1) is 11.0. The Morgan fingerprint density at radius 2 is 1.33 bits per heavy atom. The smallest absolute Gasteiger partial charge is 0.320 e. The summed E-state index contributed by atoms with van der Waals surface area (Å²) >= 11 is 0. The maximum Gasteiger partial charge on any atom is 0.320 e. The van der Waals surface area contributed by atoms with Gasteiger partial charge < -0.3 is 14.0 Å². The molecular formula is C20H36O3Si. The molecule has 0 bridgehead atoms. The maximum absolute atomic E-state index is 10.8. The van der Waals surface area contributed by atoms with Crippen LogP contribution >= 0.6 is 0 Å². The number of rotatable bonds is 7. The minimum Gasteiger partial charge on any atom is -0.507 e. The quantitative estimate of drug-likeness (QED) is 0.564. The van der Waals surface area contributed by atoms with Crippen molar-refractivity contribution in [2.75, 3.05) is 14.2 Å². The van der Waals surface area contributed by atoms with E-state index in [1.807, 2.05) is 0 Å². The van der Waals surface area contributed by atoms with Crippen molar-refractivity contribution in [2.24, 2.45) is 0 Å². The standard InChI is InChI=1S/C20H36O3Si/c1-19(2,3)16-13-15(11-9-10-12-24(22-7)23-8)14-17(18(16)21)20(4,5)6/h13-14,21,24H,9-12H2,1-8H3. The van der Waals surface area contributed by atoms with Crippen LogP contribution in [0.15, 0.2) is 12.1 Å². The summed E-state index contributed by atoms with van der Waals surface area (Å²) in [6.45, 7) is 13.0. The van der Waals surface area contributed by atoms with Crippen LogP contribution in [0.1, 0.15) is 71.1 Å². The van der Waals surface area contributed by atoms with Gasteiger partial charge in [0.25, 0.3) is 0 Å². The zero-order valence-corrected chi connectivity index (χ0v) is 18.0. The minimum absolute atomic E-state index is 0.0653. The number of aryl methyl sites for hydroxylation is 1. The van der Waals surface area contributed by atoms with Crippen molar-refractivity contribution in [2.45, 2.75) is 77.7 Å². The third kappa shape index (κ3) is 5.90. The normalized spacial score (nSPS) is 12.9. The van der Waals surface area contributed by atoms with E-state index in [-0.39, 0.29) is 10.8 Å². The maximum atomic E-state index is 10.8. The lowest BCUT2D eigenvalue weighted by atomic mass is 9.78. The van der Waals surface area contributed by atoms with Crippen molar-refractivity contribution < 1.29 is 14.0 Å². The molecule has 3 nitrogen and oxygen atoms in total. The lowest BCUT2D eigenvalue weighted by molar-refractivity contribution is 0.276. The van der Waals surface area contributed by atoms with Crippen molar-refractivity contribution in [1.82, 2.24) is 0 Å². The van der Waals surface area contributed by atoms with Crippen LogP contribution in [-0.4, -0.2) is 28.6 Å². The van der Waals surface area contributed by atoms with Gasteiger partial charge in [-0.25, -0.2) is 0 Å². The summed E-state index contributed by atoms with van der Waals surface area (Å²) in [6.07, 6.45) is 3.27. The van der Waals surface area contributed by atoms with E-state index in [0.717, 1.165) is 36.4 Å². The molecule has 1 aromatic rings. The van der Waals surface area contributed by atoms with Crippen LogP contribution in [0.25, 0.3) is 0 Å². The van der Waals surface area contributed by atoms with E-state index in [0.29, 0.717) is 5.75 Å². The molecule has 0 saturated carbocycles. The summed E-state index contributed by atoms with van der Waals surface area (Å²) in [7, 11) is 2.04. The Kier molecular flexibility index (Phi) is 7.51. The molecule has 0 aliphatic heterocycles. The Morgan fingerprint density at radius 3 is 1.71 bits per heavy atom. The predicted molar refractivity (Wildman–Crippen MR) is 104 cm³/mol. The van der Waals surface area contributed by atoms with Crippen molar-refractivity contribution in [3.05, 3.63) is 28.8 Å². The Bertz CT molecular complexity index is 488. The number of unbranched alkanes of at least 4 members (excludes halogenated alkanes) is 1. The molecule has 0 aliphatic rings. The van der Waals surface area contributed by atoms with E-state index in [2.05, 4.69) is 53.7 Å². The summed E-state index contributed by atoms with van der Waals surface area (Å²) in [5.74, 6) is 0.463. The first kappa shape index (κ1) is 21.2. The zero-order chi connectivity index (χ0) is 18.5. The average Bonchev–Trinajstić information content (AvgIpc) is 2.46. The van der Waals surface area contributed by atoms with E-state index in [1.54, 1.807) is 14.2 Å². The third-order valence-electron chi connectivity index (χ3n) is 4.47. The van der Waals surface area contributed by atoms with E-state index in [4.69, 9.17) is 8.85 Å². The summed E-state index contributed by atoms with van der Waals surface area (Å²) in [5, 5.41) is 10.8. The van der Waals surface area contributed by atoms with Gasteiger partial charge in [-0.05, 0) is 46.4 Å². The fourth-order valence-corrected chi connectivity index (χ4v) is 4.24. The van der Waals surface area contributed by atoms with Crippen LogP contribution in [0.3, 0.4) is 0 Å². The van der Waals surface area contributed by atoms with E-state index in [1.165, 1.54) is 5.56 Å². The summed E-state index contributed by atoms with van der Waals surface area (Å²) in [5.41, 5.74) is 3.28. The molecule has 0 aromatic heterocycles. The van der Waals surface area contributed by atoms with Crippen LogP contribution in [-0.2, 0) is 26.1 Å². The Hall–Kier alpha value is -0.843. The van der Waals surface area contributed by atoms with Gasteiger partial charge in [0.2, 0.25) is 0 Å². The van der Waals surface area contributed by atoms with E-state index in [9.17, 15) is 5.11 Å². The van der Waals surface area contributed by atoms with Crippen LogP contribution < -0.4 is 0 Å². The molecule has 1 N–H and O–H groups in total. The number of hydrogen-bond donors (Lipinski definition) is 1. The molecule has 0 amide bonds. The lowest BCUT2D eigenvalue weighted by Gasteiger charge is -2.28. The molecule has 0 saturated heterocycles. The molecule has 0 spiro atoms. The highest BCUT2D eigenvalue weighted by molar-refractivity contribution is 6.44. The summed E-state index contributed by atoms with van der Waals surface area (Å²) in [6, 6.07) is 5.42. The van der Waals surface area contributed by atoms with Crippen molar-refractivity contribution in [1.29, 1.82) is 0 Å². The number of phenolic OH excluding ortho intramolecular Hbond substituents is 1. The highest BCUT2D eigenvalue weighted by atomic mass is 28.3. The van der Waals surface area contributed by atoms with Gasteiger partial charge in [-0.1, -0.05) is 60.1 Å². The summed E-state index contributed by atoms with van der Waals surface area (Å²) in [4.78, 5) is 0. The molecule has 0 radical (unpaired) electrons. The van der Waals surface area contributed by atoms with Crippen molar-refractivity contribution in [3.8, 4) is 5.75 Å². The van der Waals surface area contributed by atoms with Crippen molar-refractivity contribution >= 4 is 9.28 Å². The second-order valence-electron chi connectivity index (χ2n) is 8.69. The van der Waals surface area contributed by atoms with Gasteiger partial charge in [-0.15, -0.1) is 0 Å². The molecular weight excluding hydrogens is 316 g/mol. The Labute approximate surface area is 150 Å². The molecule has 0 unspecified atom stereocenters. The fourth-order valence-electron chi connectivity index (χ4n) is 2.95. The number of hydrogen-bond acceptors (Lipinski definition) is 3. The monoisotopic (exact) mass is 352 g/mol. The summed E-state index contributed by atoms with van der Waals surface area (Å²) < 4.78 is 10.8. The molecule has 0 heterocycles. The van der Waals surface area contributed by atoms with Gasteiger partial charge >= 0.3 is 9.28 Å². The zero-order valence-electron chi connectivity index (χ0n) is 16.8. The van der Waals surface area contributed by atoms with Crippen molar-refractivity contribution in [3.63, 3.8) is 0 Å². The van der Waals surface area contributed by atoms with E-state index < -0.39 is 9.28 Å². The second-order valence-corrected chi connectivity index (χ2v) is 11.1. The van der Waals surface area contributed by atoms with Gasteiger partial charge in [0.15, 0.2) is 0 Å². The molecule has 0 fully saturated rings. The van der Waals surface area contributed by atoms with E-state index >= 15 is 0 Å². The molecule has 4 heteroatoms. The SMILES string of the molecule is CO[SiH](CCCCc1cc(C(C)(C)C)c(O)c(C(C)(C)C)c1)OC. The molecule has 24 heavy (non-hydrogen) atoms. The van der Waals surface area contributed by atoms with Gasteiger partial charge in [-0.3, -0.25) is 0 Å². The fraction of sp³-hybridized carbons (Fsp3) is 0.700. The Balaban J connectivity index is 2.95. The first-order valence-corrected chi connectivity index (χ1v) is 10.7. The lowest BCUT2D eigenvalue weighted by Crippen LogP contribution is -2.18. The highest BCUT2D eigenvalue weighted by Crippen LogP contribution is 2.40. The number of aromatic hydroxyl groups is 1. The van der Waals surface area contributed by atoms with Crippen LogP contribution in [0.2, 0.25) is 6.04 Å². The molecule has 0 aliphatic carbocycles. The highest BCUT2D eigenvalue weighted by Gasteiger charge is 2.26. The van der Waals surface area contributed by atoms with Crippen LogP contribution in [0.5, 0.6) is 5.75 Å². The van der Waals surface area contributed by atoms with Gasteiger partial charge in [0, 0.05) is 14.2 Å². The minimum atomic E-state index is -1.44. The number of benzene rings is 1. The molecule has 138 valence electrons. The molecule has 1 rings (SSSR count).